The average molecular weight is 411 g/mol. The summed E-state index contributed by atoms with van der Waals surface area (Å²) in [5.74, 6) is 1.24. The third-order valence-electron chi connectivity index (χ3n) is 6.03. The Balaban J connectivity index is 1.29. The zero-order chi connectivity index (χ0) is 20.3. The maximum absolute atomic E-state index is 12.7. The second-order valence-corrected chi connectivity index (χ2v) is 10.0. The van der Waals surface area contributed by atoms with Crippen LogP contribution in [-0.4, -0.2) is 51.0 Å². The van der Waals surface area contributed by atoms with Crippen molar-refractivity contribution in [3.63, 3.8) is 0 Å². The number of piperidine rings is 1. The molecule has 4 rings (SSSR count). The molecule has 1 aromatic carbocycles. The lowest BCUT2D eigenvalue weighted by Gasteiger charge is -2.44. The second kappa shape index (κ2) is 8.52. The van der Waals surface area contributed by atoms with Crippen molar-refractivity contribution in [1.29, 1.82) is 5.26 Å². The van der Waals surface area contributed by atoms with Crippen molar-refractivity contribution in [1.82, 2.24) is 9.88 Å². The van der Waals surface area contributed by atoms with Gasteiger partial charge in [-0.2, -0.15) is 5.26 Å². The first-order valence-electron chi connectivity index (χ1n) is 10.2. The molecule has 0 atom stereocenters. The molecule has 3 heterocycles. The standard InChI is InChI=1S/C22H26N4O2S/c23-10-5-18-8-13-25(14-9-18)15-19-16-26(17-19)20-1-3-21(4-2-20)29(27,28)22-6-11-24-12-7-22/h1-4,6-7,11-12,18-19H,5,8-9,13-17H2. The van der Waals surface area contributed by atoms with Crippen LogP contribution >= 0.6 is 0 Å². The molecular weight excluding hydrogens is 384 g/mol. The fraction of sp³-hybridized carbons (Fsp3) is 0.455. The van der Waals surface area contributed by atoms with E-state index in [9.17, 15) is 8.42 Å². The molecule has 29 heavy (non-hydrogen) atoms. The van der Waals surface area contributed by atoms with Gasteiger partial charge in [-0.3, -0.25) is 4.98 Å². The van der Waals surface area contributed by atoms with Crippen LogP contribution in [0.5, 0.6) is 0 Å². The Bertz CT molecular complexity index is 956. The summed E-state index contributed by atoms with van der Waals surface area (Å²) in [6.45, 7) is 5.34. The Kier molecular flexibility index (Phi) is 5.84. The number of benzene rings is 1. The molecule has 6 nitrogen and oxygen atoms in total. The maximum atomic E-state index is 12.7. The van der Waals surface area contributed by atoms with Crippen LogP contribution in [0, 0.1) is 23.2 Å². The van der Waals surface area contributed by atoms with Crippen LogP contribution in [0.2, 0.25) is 0 Å². The lowest BCUT2D eigenvalue weighted by Crippen LogP contribution is -2.52. The molecule has 0 N–H and O–H groups in total. The first-order valence-corrected chi connectivity index (χ1v) is 11.6. The van der Waals surface area contributed by atoms with Gasteiger partial charge in [0, 0.05) is 50.1 Å². The van der Waals surface area contributed by atoms with Gasteiger partial charge < -0.3 is 9.80 Å². The van der Waals surface area contributed by atoms with E-state index in [2.05, 4.69) is 20.9 Å². The number of nitrogens with zero attached hydrogens (tertiary/aromatic N) is 4. The minimum Gasteiger partial charge on any atom is -0.371 e. The van der Waals surface area contributed by atoms with Gasteiger partial charge in [0.15, 0.2) is 0 Å². The SMILES string of the molecule is N#CCC1CCN(CC2CN(c3ccc(S(=O)(=O)c4ccncc4)cc3)C2)CC1. The monoisotopic (exact) mass is 410 g/mol. The number of anilines is 1. The predicted octanol–water partition coefficient (Wildman–Crippen LogP) is 2.98. The smallest absolute Gasteiger partial charge is 0.206 e. The van der Waals surface area contributed by atoms with Crippen LogP contribution in [0.1, 0.15) is 19.3 Å². The fourth-order valence-electron chi connectivity index (χ4n) is 4.25. The largest absolute Gasteiger partial charge is 0.371 e. The summed E-state index contributed by atoms with van der Waals surface area (Å²) >= 11 is 0. The Morgan fingerprint density at radius 2 is 1.59 bits per heavy atom. The van der Waals surface area contributed by atoms with Gasteiger partial charge in [0.25, 0.3) is 0 Å². The van der Waals surface area contributed by atoms with Gasteiger partial charge in [-0.25, -0.2) is 8.42 Å². The summed E-state index contributed by atoms with van der Waals surface area (Å²) in [5, 5.41) is 8.83. The van der Waals surface area contributed by atoms with Gasteiger partial charge in [0.1, 0.15) is 0 Å². The lowest BCUT2D eigenvalue weighted by atomic mass is 9.92. The summed E-state index contributed by atoms with van der Waals surface area (Å²) in [5.41, 5.74) is 1.07. The molecule has 2 fully saturated rings. The van der Waals surface area contributed by atoms with Gasteiger partial charge >= 0.3 is 0 Å². The zero-order valence-electron chi connectivity index (χ0n) is 16.4. The van der Waals surface area contributed by atoms with Crippen LogP contribution in [0.25, 0.3) is 0 Å². The summed E-state index contributed by atoms with van der Waals surface area (Å²) in [6, 6.07) is 12.5. The van der Waals surface area contributed by atoms with E-state index in [1.807, 2.05) is 12.1 Å². The minimum atomic E-state index is -3.49. The van der Waals surface area contributed by atoms with Crippen LogP contribution in [0.3, 0.4) is 0 Å². The van der Waals surface area contributed by atoms with Crippen molar-refractivity contribution in [3.8, 4) is 6.07 Å². The molecule has 7 heteroatoms. The van der Waals surface area contributed by atoms with Crippen molar-refractivity contribution < 1.29 is 8.42 Å². The Morgan fingerprint density at radius 3 is 2.21 bits per heavy atom. The molecule has 0 saturated carbocycles. The molecule has 2 aromatic rings. The third-order valence-corrected chi connectivity index (χ3v) is 7.82. The molecule has 0 spiro atoms. The zero-order valence-corrected chi connectivity index (χ0v) is 17.3. The van der Waals surface area contributed by atoms with E-state index in [4.69, 9.17) is 5.26 Å². The number of pyridine rings is 1. The van der Waals surface area contributed by atoms with Crippen molar-refractivity contribution in [2.45, 2.75) is 29.1 Å². The van der Waals surface area contributed by atoms with E-state index in [0.717, 1.165) is 51.3 Å². The lowest BCUT2D eigenvalue weighted by molar-refractivity contribution is 0.151. The maximum Gasteiger partial charge on any atom is 0.206 e. The second-order valence-electron chi connectivity index (χ2n) is 8.06. The van der Waals surface area contributed by atoms with Gasteiger partial charge in [0.05, 0.1) is 15.9 Å². The third kappa shape index (κ3) is 4.44. The highest BCUT2D eigenvalue weighted by molar-refractivity contribution is 7.91. The average Bonchev–Trinajstić information content (AvgIpc) is 2.72. The van der Waals surface area contributed by atoms with Crippen LogP contribution < -0.4 is 4.90 Å². The molecule has 1 aromatic heterocycles. The number of nitriles is 1. The van der Waals surface area contributed by atoms with Gasteiger partial charge in [0.2, 0.25) is 9.84 Å². The van der Waals surface area contributed by atoms with Crippen LogP contribution in [0.4, 0.5) is 5.69 Å². The van der Waals surface area contributed by atoms with Crippen molar-refractivity contribution >= 4 is 15.5 Å². The number of sulfone groups is 1. The predicted molar refractivity (Wildman–Crippen MR) is 111 cm³/mol. The molecule has 2 saturated heterocycles. The summed E-state index contributed by atoms with van der Waals surface area (Å²) < 4.78 is 25.3. The van der Waals surface area contributed by atoms with E-state index < -0.39 is 9.84 Å². The molecule has 152 valence electrons. The van der Waals surface area contributed by atoms with Crippen LogP contribution in [-0.2, 0) is 9.84 Å². The number of likely N-dealkylation sites (tertiary alicyclic amines) is 1. The van der Waals surface area contributed by atoms with Crippen molar-refractivity contribution in [2.24, 2.45) is 11.8 Å². The molecule has 0 radical (unpaired) electrons. The minimum absolute atomic E-state index is 0.266. The Morgan fingerprint density at radius 1 is 0.966 bits per heavy atom. The van der Waals surface area contributed by atoms with Gasteiger partial charge in [-0.05, 0) is 68.2 Å². The topological polar surface area (TPSA) is 77.3 Å². The highest BCUT2D eigenvalue weighted by Gasteiger charge is 2.30. The molecule has 0 aliphatic carbocycles. The van der Waals surface area contributed by atoms with E-state index in [1.54, 1.807) is 12.1 Å². The van der Waals surface area contributed by atoms with E-state index in [-0.39, 0.29) is 4.90 Å². The molecule has 2 aliphatic rings. The van der Waals surface area contributed by atoms with Gasteiger partial charge in [-0.1, -0.05) is 0 Å². The number of rotatable bonds is 6. The van der Waals surface area contributed by atoms with E-state index in [0.29, 0.717) is 23.2 Å². The quantitative estimate of drug-likeness (QED) is 0.729. The first kappa shape index (κ1) is 19.9. The number of hydrogen-bond donors (Lipinski definition) is 0. The molecular formula is C22H26N4O2S. The number of aromatic nitrogens is 1. The summed E-state index contributed by atoms with van der Waals surface area (Å²) in [6.07, 6.45) is 5.95. The fourth-order valence-corrected chi connectivity index (χ4v) is 5.50. The molecule has 0 unspecified atom stereocenters. The Labute approximate surface area is 172 Å². The Hall–Kier alpha value is -2.43. The highest BCUT2D eigenvalue weighted by atomic mass is 32.2. The highest BCUT2D eigenvalue weighted by Crippen LogP contribution is 2.29. The normalized spacial score (nSPS) is 18.9. The summed E-state index contributed by atoms with van der Waals surface area (Å²) in [4.78, 5) is 9.29. The molecule has 0 bridgehead atoms. The van der Waals surface area contributed by atoms with Crippen molar-refractivity contribution in [3.05, 3.63) is 48.8 Å². The van der Waals surface area contributed by atoms with Crippen LogP contribution in [0.15, 0.2) is 58.6 Å². The molecule has 2 aliphatic heterocycles. The van der Waals surface area contributed by atoms with E-state index >= 15 is 0 Å². The first-order chi connectivity index (χ1) is 14.1. The summed E-state index contributed by atoms with van der Waals surface area (Å²) in [7, 11) is -3.49. The van der Waals surface area contributed by atoms with E-state index in [1.165, 1.54) is 24.5 Å². The molecule has 0 amide bonds. The number of hydrogen-bond acceptors (Lipinski definition) is 6. The van der Waals surface area contributed by atoms with Gasteiger partial charge in [-0.15, -0.1) is 0 Å². The van der Waals surface area contributed by atoms with Crippen molar-refractivity contribution in [2.75, 3.05) is 37.6 Å².